The van der Waals surface area contributed by atoms with Crippen molar-refractivity contribution >= 4 is 17.4 Å². The molecule has 24 heavy (non-hydrogen) atoms. The lowest BCUT2D eigenvalue weighted by Gasteiger charge is -2.32. The van der Waals surface area contributed by atoms with E-state index in [1.54, 1.807) is 16.2 Å². The van der Waals surface area contributed by atoms with Crippen molar-refractivity contribution in [2.24, 2.45) is 5.92 Å². The highest BCUT2D eigenvalue weighted by molar-refractivity contribution is 7.10. The predicted molar refractivity (Wildman–Crippen MR) is 95.9 cm³/mol. The number of nitrogens with zero attached hydrogens (tertiary/aromatic N) is 2. The highest BCUT2D eigenvalue weighted by Gasteiger charge is 2.24. The molecule has 128 valence electrons. The number of hydrogen-bond acceptors (Lipinski definition) is 4. The van der Waals surface area contributed by atoms with Crippen LogP contribution in [0.25, 0.3) is 11.3 Å². The van der Waals surface area contributed by atoms with Gasteiger partial charge in [-0.3, -0.25) is 0 Å². The van der Waals surface area contributed by atoms with Gasteiger partial charge in [-0.15, -0.1) is 11.3 Å². The summed E-state index contributed by atoms with van der Waals surface area (Å²) in [6.07, 6.45) is 1.94. The summed E-state index contributed by atoms with van der Waals surface area (Å²) in [6.45, 7) is 3.48. The van der Waals surface area contributed by atoms with E-state index in [-0.39, 0.29) is 24.6 Å². The number of hydrogen-bond donors (Lipinski definition) is 2. The largest absolute Gasteiger partial charge is 0.396 e. The minimum Gasteiger partial charge on any atom is -0.396 e. The fraction of sp³-hybridized carbons (Fsp3) is 0.444. The van der Waals surface area contributed by atoms with Crippen molar-refractivity contribution in [1.82, 2.24) is 15.2 Å². The fourth-order valence-electron chi connectivity index (χ4n) is 2.96. The maximum atomic E-state index is 12.4. The second-order valence-corrected chi connectivity index (χ2v) is 7.13. The van der Waals surface area contributed by atoms with Crippen molar-refractivity contribution in [3.63, 3.8) is 0 Å². The lowest BCUT2D eigenvalue weighted by atomic mass is 9.99. The monoisotopic (exact) mass is 345 g/mol. The van der Waals surface area contributed by atoms with Crippen LogP contribution >= 0.6 is 11.3 Å². The molecule has 0 bridgehead atoms. The van der Waals surface area contributed by atoms with Gasteiger partial charge in [0.2, 0.25) is 0 Å². The molecule has 1 saturated heterocycles. The lowest BCUT2D eigenvalue weighted by Crippen LogP contribution is -2.46. The number of likely N-dealkylation sites (tertiary alicyclic amines) is 1. The van der Waals surface area contributed by atoms with E-state index in [0.717, 1.165) is 35.7 Å². The van der Waals surface area contributed by atoms with E-state index < -0.39 is 0 Å². The smallest absolute Gasteiger partial charge is 0.317 e. The standard InChI is InChI=1S/C18H23N3O2S/c1-13(19-18(23)21-9-5-6-14(10-21)11-22)17-20-16(12-24-17)15-7-3-2-4-8-15/h2-4,7-8,12-14,22H,5-6,9-11H2,1H3,(H,19,23)/t13-,14+/m0/s1. The van der Waals surface area contributed by atoms with E-state index >= 15 is 0 Å². The molecule has 2 atom stereocenters. The number of thiazole rings is 1. The molecule has 6 heteroatoms. The number of rotatable bonds is 4. The van der Waals surface area contributed by atoms with E-state index in [1.165, 1.54) is 0 Å². The zero-order chi connectivity index (χ0) is 16.9. The number of aliphatic hydroxyl groups excluding tert-OH is 1. The molecular formula is C18H23N3O2S. The summed E-state index contributed by atoms with van der Waals surface area (Å²) < 4.78 is 0. The quantitative estimate of drug-likeness (QED) is 0.894. The number of benzene rings is 1. The molecule has 2 aromatic rings. The third-order valence-corrected chi connectivity index (χ3v) is 5.39. The number of aromatic nitrogens is 1. The van der Waals surface area contributed by atoms with Gasteiger partial charge < -0.3 is 15.3 Å². The minimum atomic E-state index is -0.130. The average molecular weight is 345 g/mol. The molecule has 3 rings (SSSR count). The van der Waals surface area contributed by atoms with Gasteiger partial charge in [0.15, 0.2) is 0 Å². The topological polar surface area (TPSA) is 65.5 Å². The van der Waals surface area contributed by atoms with Crippen LogP contribution in [0.3, 0.4) is 0 Å². The number of piperidine rings is 1. The third kappa shape index (κ3) is 3.94. The summed E-state index contributed by atoms with van der Waals surface area (Å²) in [7, 11) is 0. The van der Waals surface area contributed by atoms with E-state index in [1.807, 2.05) is 42.6 Å². The molecule has 0 unspecified atom stereocenters. The van der Waals surface area contributed by atoms with Gasteiger partial charge in [0.25, 0.3) is 0 Å². The molecule has 0 aliphatic carbocycles. The highest BCUT2D eigenvalue weighted by atomic mass is 32.1. The molecule has 1 aliphatic rings. The van der Waals surface area contributed by atoms with Crippen LogP contribution in [0.15, 0.2) is 35.7 Å². The minimum absolute atomic E-state index is 0.0721. The van der Waals surface area contributed by atoms with Crippen LogP contribution in [0.2, 0.25) is 0 Å². The summed E-state index contributed by atoms with van der Waals surface area (Å²) in [4.78, 5) is 18.9. The van der Waals surface area contributed by atoms with Gasteiger partial charge in [0, 0.05) is 30.6 Å². The molecule has 5 nitrogen and oxygen atoms in total. The molecule has 1 fully saturated rings. The van der Waals surface area contributed by atoms with Crippen molar-refractivity contribution in [2.75, 3.05) is 19.7 Å². The molecule has 2 amide bonds. The molecule has 1 aliphatic heterocycles. The summed E-state index contributed by atoms with van der Waals surface area (Å²) in [5, 5.41) is 15.2. The first-order chi connectivity index (χ1) is 11.7. The van der Waals surface area contributed by atoms with Crippen LogP contribution in [0.5, 0.6) is 0 Å². The summed E-state index contributed by atoms with van der Waals surface area (Å²) in [5.41, 5.74) is 2.02. The Morgan fingerprint density at radius 2 is 2.25 bits per heavy atom. The zero-order valence-corrected chi connectivity index (χ0v) is 14.6. The average Bonchev–Trinajstić information content (AvgIpc) is 3.13. The van der Waals surface area contributed by atoms with Crippen molar-refractivity contribution < 1.29 is 9.90 Å². The number of aliphatic hydroxyl groups is 1. The molecular weight excluding hydrogens is 322 g/mol. The Bertz CT molecular complexity index is 674. The van der Waals surface area contributed by atoms with Crippen LogP contribution < -0.4 is 5.32 Å². The third-order valence-electron chi connectivity index (χ3n) is 4.37. The second-order valence-electron chi connectivity index (χ2n) is 6.25. The second kappa shape index (κ2) is 7.77. The number of carbonyl (C=O) groups excluding carboxylic acids is 1. The van der Waals surface area contributed by atoms with Crippen molar-refractivity contribution in [1.29, 1.82) is 0 Å². The summed E-state index contributed by atoms with van der Waals surface area (Å²) in [5.74, 6) is 0.198. The van der Waals surface area contributed by atoms with Crippen LogP contribution in [0.1, 0.15) is 30.8 Å². The van der Waals surface area contributed by atoms with E-state index in [2.05, 4.69) is 10.3 Å². The van der Waals surface area contributed by atoms with Crippen molar-refractivity contribution in [3.8, 4) is 11.3 Å². The van der Waals surface area contributed by atoms with Gasteiger partial charge in [0.05, 0.1) is 11.7 Å². The molecule has 0 saturated carbocycles. The summed E-state index contributed by atoms with van der Waals surface area (Å²) in [6, 6.07) is 9.83. The van der Waals surface area contributed by atoms with Gasteiger partial charge >= 0.3 is 6.03 Å². The van der Waals surface area contributed by atoms with Gasteiger partial charge in [-0.05, 0) is 25.7 Å². The fourth-order valence-corrected chi connectivity index (χ4v) is 3.80. The normalized spacial score (nSPS) is 19.1. The van der Waals surface area contributed by atoms with Crippen LogP contribution in [0, 0.1) is 5.92 Å². The Morgan fingerprint density at radius 3 is 3.00 bits per heavy atom. The Hall–Kier alpha value is -1.92. The van der Waals surface area contributed by atoms with E-state index in [4.69, 9.17) is 0 Å². The number of amides is 2. The Morgan fingerprint density at radius 1 is 1.46 bits per heavy atom. The molecule has 0 spiro atoms. The molecule has 1 aromatic heterocycles. The predicted octanol–water partition coefficient (Wildman–Crippen LogP) is 3.29. The highest BCUT2D eigenvalue weighted by Crippen LogP contribution is 2.25. The van der Waals surface area contributed by atoms with E-state index in [9.17, 15) is 9.90 Å². The van der Waals surface area contributed by atoms with Crippen LogP contribution in [-0.4, -0.2) is 40.7 Å². The Balaban J connectivity index is 1.61. The SMILES string of the molecule is C[C@H](NC(=O)N1CCC[C@@H](CO)C1)c1nc(-c2ccccc2)cs1. The number of nitrogens with one attached hydrogen (secondary N) is 1. The molecule has 2 N–H and O–H groups in total. The van der Waals surface area contributed by atoms with Crippen molar-refractivity contribution in [3.05, 3.63) is 40.7 Å². The molecule has 0 radical (unpaired) electrons. The van der Waals surface area contributed by atoms with Crippen LogP contribution in [0.4, 0.5) is 4.79 Å². The molecule has 1 aromatic carbocycles. The lowest BCUT2D eigenvalue weighted by molar-refractivity contribution is 0.128. The first-order valence-corrected chi connectivity index (χ1v) is 9.22. The van der Waals surface area contributed by atoms with Crippen LogP contribution in [-0.2, 0) is 0 Å². The van der Waals surface area contributed by atoms with Crippen molar-refractivity contribution in [2.45, 2.75) is 25.8 Å². The van der Waals surface area contributed by atoms with Gasteiger partial charge in [-0.1, -0.05) is 30.3 Å². The number of carbonyl (C=O) groups is 1. The van der Waals surface area contributed by atoms with Gasteiger partial charge in [-0.25, -0.2) is 9.78 Å². The van der Waals surface area contributed by atoms with Gasteiger partial charge in [0.1, 0.15) is 5.01 Å². The first kappa shape index (κ1) is 16.9. The number of urea groups is 1. The summed E-state index contributed by atoms with van der Waals surface area (Å²) >= 11 is 1.56. The maximum Gasteiger partial charge on any atom is 0.317 e. The Kier molecular flexibility index (Phi) is 5.48. The maximum absolute atomic E-state index is 12.4. The molecule has 2 heterocycles. The zero-order valence-electron chi connectivity index (χ0n) is 13.8. The van der Waals surface area contributed by atoms with Gasteiger partial charge in [-0.2, -0.15) is 0 Å². The Labute approximate surface area is 146 Å². The first-order valence-electron chi connectivity index (χ1n) is 8.34. The van der Waals surface area contributed by atoms with E-state index in [0.29, 0.717) is 6.54 Å².